The zero-order valence-electron chi connectivity index (χ0n) is 22.4. The molecule has 0 radical (unpaired) electrons. The molecule has 2 amide bonds. The van der Waals surface area contributed by atoms with Gasteiger partial charge in [-0.1, -0.05) is 84.6 Å². The van der Waals surface area contributed by atoms with Crippen LogP contribution >= 0.6 is 0 Å². The lowest BCUT2D eigenvalue weighted by atomic mass is 10.00. The molecule has 4 aromatic carbocycles. The summed E-state index contributed by atoms with van der Waals surface area (Å²) in [4.78, 5) is 42.8. The molecule has 1 heterocycles. The van der Waals surface area contributed by atoms with E-state index in [9.17, 15) is 19.5 Å². The summed E-state index contributed by atoms with van der Waals surface area (Å²) in [6, 6.07) is 30.5. The summed E-state index contributed by atoms with van der Waals surface area (Å²) >= 11 is 0. The molecule has 0 bridgehead atoms. The number of aliphatic carboxylic acids is 1. The van der Waals surface area contributed by atoms with Crippen molar-refractivity contribution in [2.24, 2.45) is 5.73 Å². The third kappa shape index (κ3) is 6.35. The lowest BCUT2D eigenvalue weighted by molar-refractivity contribution is -0.138. The second-order valence-electron chi connectivity index (χ2n) is 9.81. The van der Waals surface area contributed by atoms with E-state index in [1.165, 1.54) is 4.90 Å². The van der Waals surface area contributed by atoms with Gasteiger partial charge >= 0.3 is 5.97 Å². The van der Waals surface area contributed by atoms with Crippen molar-refractivity contribution in [2.75, 3.05) is 11.4 Å². The topological polar surface area (TPSA) is 104 Å². The van der Waals surface area contributed by atoms with Gasteiger partial charge in [0.25, 0.3) is 5.91 Å². The van der Waals surface area contributed by atoms with Gasteiger partial charge < -0.3 is 20.6 Å². The fourth-order valence-electron chi connectivity index (χ4n) is 4.97. The number of hydrogen-bond donors (Lipinski definition) is 2. The molecular weight excluding hydrogens is 514 g/mol. The number of anilines is 1. The number of benzene rings is 4. The van der Waals surface area contributed by atoms with Crippen LogP contribution in [0.15, 0.2) is 103 Å². The first-order valence-corrected chi connectivity index (χ1v) is 13.3. The molecule has 3 N–H and O–H groups in total. The predicted octanol–water partition coefficient (Wildman–Crippen LogP) is 4.75. The zero-order valence-corrected chi connectivity index (χ0v) is 22.4. The van der Waals surface area contributed by atoms with Gasteiger partial charge in [0.1, 0.15) is 6.54 Å². The Kier molecular flexibility index (Phi) is 8.23. The molecule has 0 aromatic heterocycles. The van der Waals surface area contributed by atoms with Crippen LogP contribution in [0, 0.1) is 11.8 Å². The Morgan fingerprint density at radius 2 is 1.49 bits per heavy atom. The Hall–Kier alpha value is -5.19. The fraction of sp³-hybridized carbons (Fsp3) is 0.147. The van der Waals surface area contributed by atoms with Crippen LogP contribution in [-0.4, -0.2) is 34.3 Å². The first-order chi connectivity index (χ1) is 19.9. The monoisotopic (exact) mass is 543 g/mol. The average Bonchev–Trinajstić information content (AvgIpc) is 3.10. The molecule has 0 fully saturated rings. The molecule has 0 aliphatic carbocycles. The van der Waals surface area contributed by atoms with Crippen LogP contribution in [0.1, 0.15) is 50.6 Å². The number of hydrogen-bond acceptors (Lipinski definition) is 4. The van der Waals surface area contributed by atoms with Crippen LogP contribution in [0.25, 0.3) is 0 Å². The molecule has 1 aliphatic heterocycles. The van der Waals surface area contributed by atoms with E-state index >= 15 is 0 Å². The summed E-state index contributed by atoms with van der Waals surface area (Å²) in [5, 5.41) is 9.74. The van der Waals surface area contributed by atoms with E-state index in [1.807, 2.05) is 60.7 Å². The molecule has 0 saturated carbocycles. The van der Waals surface area contributed by atoms with Crippen molar-refractivity contribution in [3.63, 3.8) is 0 Å². The van der Waals surface area contributed by atoms with Gasteiger partial charge in [-0.3, -0.25) is 14.4 Å². The van der Waals surface area contributed by atoms with E-state index in [0.29, 0.717) is 28.9 Å². The van der Waals surface area contributed by atoms with Gasteiger partial charge in [-0.2, -0.15) is 0 Å². The SMILES string of the molecule is NCc1cccc(C#Cc2ccc3c(c2)C(=O)N(C(CC(=O)O)c2ccccc2)CC(=O)N3Cc2ccccc2)c1. The highest BCUT2D eigenvalue weighted by Gasteiger charge is 2.37. The Morgan fingerprint density at radius 3 is 2.17 bits per heavy atom. The summed E-state index contributed by atoms with van der Waals surface area (Å²) < 4.78 is 0. The highest BCUT2D eigenvalue weighted by molar-refractivity contribution is 6.10. The second-order valence-corrected chi connectivity index (χ2v) is 9.81. The smallest absolute Gasteiger partial charge is 0.305 e. The maximum absolute atomic E-state index is 14.2. The van der Waals surface area contributed by atoms with Crippen molar-refractivity contribution >= 4 is 23.5 Å². The van der Waals surface area contributed by atoms with E-state index < -0.39 is 17.9 Å². The molecule has 204 valence electrons. The average molecular weight is 544 g/mol. The first-order valence-electron chi connectivity index (χ1n) is 13.3. The maximum atomic E-state index is 14.2. The fourth-order valence-corrected chi connectivity index (χ4v) is 4.97. The van der Waals surface area contributed by atoms with Crippen LogP contribution < -0.4 is 10.6 Å². The number of amides is 2. The molecule has 41 heavy (non-hydrogen) atoms. The summed E-state index contributed by atoms with van der Waals surface area (Å²) in [5.74, 6) is 4.47. The molecule has 1 aliphatic rings. The number of rotatable bonds is 7. The minimum absolute atomic E-state index is 0.264. The van der Waals surface area contributed by atoms with E-state index in [1.54, 1.807) is 47.4 Å². The van der Waals surface area contributed by atoms with Crippen LogP contribution in [0.2, 0.25) is 0 Å². The van der Waals surface area contributed by atoms with E-state index in [-0.39, 0.29) is 25.4 Å². The quantitative estimate of drug-likeness (QED) is 0.328. The highest BCUT2D eigenvalue weighted by Crippen LogP contribution is 2.34. The van der Waals surface area contributed by atoms with Gasteiger partial charge in [0.2, 0.25) is 5.91 Å². The van der Waals surface area contributed by atoms with E-state index in [0.717, 1.165) is 16.7 Å². The normalized spacial score (nSPS) is 13.6. The summed E-state index contributed by atoms with van der Waals surface area (Å²) in [5.41, 5.74) is 10.4. The largest absolute Gasteiger partial charge is 0.481 e. The first kappa shape index (κ1) is 27.4. The summed E-state index contributed by atoms with van der Waals surface area (Å²) in [7, 11) is 0. The number of carbonyl (C=O) groups is 3. The lowest BCUT2D eigenvalue weighted by Crippen LogP contribution is -2.41. The highest BCUT2D eigenvalue weighted by atomic mass is 16.4. The number of carboxylic acid groups (broad SMARTS) is 1. The third-order valence-corrected chi connectivity index (χ3v) is 7.01. The number of fused-ring (bicyclic) bond motifs is 1. The van der Waals surface area contributed by atoms with Crippen LogP contribution in [0.3, 0.4) is 0 Å². The molecule has 1 unspecified atom stereocenters. The third-order valence-electron chi connectivity index (χ3n) is 7.01. The number of carboxylic acids is 1. The Labute approximate surface area is 238 Å². The molecular formula is C34H29N3O4. The van der Waals surface area contributed by atoms with Crippen molar-refractivity contribution < 1.29 is 19.5 Å². The van der Waals surface area contributed by atoms with Gasteiger partial charge in [-0.25, -0.2) is 0 Å². The molecule has 7 heteroatoms. The van der Waals surface area contributed by atoms with Crippen LogP contribution in [0.4, 0.5) is 5.69 Å². The predicted molar refractivity (Wildman–Crippen MR) is 157 cm³/mol. The van der Waals surface area contributed by atoms with Crippen molar-refractivity contribution in [3.8, 4) is 11.8 Å². The molecule has 0 saturated heterocycles. The Balaban J connectivity index is 1.60. The van der Waals surface area contributed by atoms with Crippen molar-refractivity contribution in [3.05, 3.63) is 137 Å². The second kappa shape index (κ2) is 12.3. The lowest BCUT2D eigenvalue weighted by Gasteiger charge is -2.30. The van der Waals surface area contributed by atoms with Crippen molar-refractivity contribution in [1.29, 1.82) is 0 Å². The van der Waals surface area contributed by atoms with Gasteiger partial charge in [-0.15, -0.1) is 0 Å². The van der Waals surface area contributed by atoms with Gasteiger partial charge in [0, 0.05) is 17.7 Å². The minimum atomic E-state index is -1.07. The summed E-state index contributed by atoms with van der Waals surface area (Å²) in [6.45, 7) is 0.405. The molecule has 1 atom stereocenters. The Bertz CT molecular complexity index is 1640. The van der Waals surface area contributed by atoms with Crippen LogP contribution in [0.5, 0.6) is 0 Å². The number of nitrogens with zero attached hydrogens (tertiary/aromatic N) is 2. The van der Waals surface area contributed by atoms with Gasteiger partial charge in [-0.05, 0) is 47.0 Å². The Morgan fingerprint density at radius 1 is 0.829 bits per heavy atom. The van der Waals surface area contributed by atoms with Gasteiger partial charge in [0.15, 0.2) is 0 Å². The zero-order chi connectivity index (χ0) is 28.8. The van der Waals surface area contributed by atoms with Crippen molar-refractivity contribution in [1.82, 2.24) is 4.90 Å². The molecule has 7 nitrogen and oxygen atoms in total. The van der Waals surface area contributed by atoms with Crippen molar-refractivity contribution in [2.45, 2.75) is 25.6 Å². The number of nitrogens with two attached hydrogens (primary N) is 1. The standard InChI is InChI=1S/C34H29N3O4/c35-21-27-11-7-10-24(18-27)14-15-25-16-17-30-29(19-25)34(41)37(31(20-33(39)40)28-12-5-2-6-13-28)23-32(38)36(30)22-26-8-3-1-4-9-26/h1-13,16-19,31H,20-23,35H2,(H,39,40). The minimum Gasteiger partial charge on any atom is -0.481 e. The molecule has 5 rings (SSSR count). The summed E-state index contributed by atoms with van der Waals surface area (Å²) in [6.07, 6.45) is -0.339. The maximum Gasteiger partial charge on any atom is 0.305 e. The van der Waals surface area contributed by atoms with Gasteiger partial charge in [0.05, 0.1) is 30.3 Å². The molecule has 4 aromatic rings. The van der Waals surface area contributed by atoms with Crippen LogP contribution in [-0.2, 0) is 22.7 Å². The van der Waals surface area contributed by atoms with E-state index in [4.69, 9.17) is 5.73 Å². The van der Waals surface area contributed by atoms with E-state index in [2.05, 4.69) is 11.8 Å². The number of carbonyl (C=O) groups excluding carboxylic acids is 2. The molecule has 0 spiro atoms.